The second kappa shape index (κ2) is 5.20. The summed E-state index contributed by atoms with van der Waals surface area (Å²) in [5.74, 6) is 3.76. The molecule has 0 saturated carbocycles. The molecule has 0 saturated heterocycles. The van der Waals surface area contributed by atoms with E-state index < -0.39 is 0 Å². The number of aromatic nitrogens is 2. The Morgan fingerprint density at radius 2 is 2.14 bits per heavy atom. The van der Waals surface area contributed by atoms with Crippen LogP contribution in [0, 0.1) is 0 Å². The molecule has 0 aromatic carbocycles. The van der Waals surface area contributed by atoms with Gasteiger partial charge in [-0.25, -0.2) is 9.97 Å². The van der Waals surface area contributed by atoms with E-state index in [1.54, 1.807) is 0 Å². The molecule has 1 aromatic rings. The van der Waals surface area contributed by atoms with Crippen molar-refractivity contribution in [3.8, 4) is 0 Å². The molecule has 1 rings (SSSR count). The van der Waals surface area contributed by atoms with E-state index in [1.807, 2.05) is 17.8 Å². The Morgan fingerprint density at radius 3 is 2.71 bits per heavy atom. The van der Waals surface area contributed by atoms with Gasteiger partial charge in [-0.2, -0.15) is 11.8 Å². The van der Waals surface area contributed by atoms with Gasteiger partial charge in [-0.1, -0.05) is 20.8 Å². The van der Waals surface area contributed by atoms with Crippen LogP contribution < -0.4 is 5.73 Å². The van der Waals surface area contributed by atoms with Crippen molar-refractivity contribution in [3.63, 3.8) is 0 Å². The third-order valence-electron chi connectivity index (χ3n) is 1.84. The SMILES string of the molecule is CCSCc1nc(N)cc(C(C)C)n1. The van der Waals surface area contributed by atoms with Crippen LogP contribution in [0.3, 0.4) is 0 Å². The highest BCUT2D eigenvalue weighted by atomic mass is 32.2. The van der Waals surface area contributed by atoms with E-state index in [9.17, 15) is 0 Å². The van der Waals surface area contributed by atoms with Gasteiger partial charge in [0.1, 0.15) is 11.6 Å². The molecule has 14 heavy (non-hydrogen) atoms. The number of hydrogen-bond donors (Lipinski definition) is 1. The van der Waals surface area contributed by atoms with E-state index in [2.05, 4.69) is 30.7 Å². The number of hydrogen-bond acceptors (Lipinski definition) is 4. The summed E-state index contributed by atoms with van der Waals surface area (Å²) in [5, 5.41) is 0. The van der Waals surface area contributed by atoms with Crippen LogP contribution in [-0.4, -0.2) is 15.7 Å². The van der Waals surface area contributed by atoms with Crippen LogP contribution in [0.4, 0.5) is 5.82 Å². The molecule has 0 aliphatic heterocycles. The second-order valence-electron chi connectivity index (χ2n) is 3.43. The van der Waals surface area contributed by atoms with Crippen LogP contribution in [0.2, 0.25) is 0 Å². The highest BCUT2D eigenvalue weighted by Gasteiger charge is 2.05. The highest BCUT2D eigenvalue weighted by molar-refractivity contribution is 7.98. The summed E-state index contributed by atoms with van der Waals surface area (Å²) >= 11 is 1.81. The number of nitrogen functional groups attached to an aromatic ring is 1. The minimum Gasteiger partial charge on any atom is -0.384 e. The molecule has 0 amide bonds. The maximum absolute atomic E-state index is 5.71. The Balaban J connectivity index is 2.84. The summed E-state index contributed by atoms with van der Waals surface area (Å²) in [7, 11) is 0. The predicted molar refractivity (Wildman–Crippen MR) is 62.4 cm³/mol. The fraction of sp³-hybridized carbons (Fsp3) is 0.600. The van der Waals surface area contributed by atoms with Gasteiger partial charge in [-0.05, 0) is 11.7 Å². The molecule has 1 aromatic heterocycles. The molecule has 0 atom stereocenters. The zero-order valence-electron chi connectivity index (χ0n) is 8.95. The van der Waals surface area contributed by atoms with Gasteiger partial charge >= 0.3 is 0 Å². The average Bonchev–Trinajstić information content (AvgIpc) is 2.14. The van der Waals surface area contributed by atoms with Gasteiger partial charge in [0.2, 0.25) is 0 Å². The molecule has 0 fully saturated rings. The van der Waals surface area contributed by atoms with Crippen molar-refractivity contribution in [3.05, 3.63) is 17.6 Å². The summed E-state index contributed by atoms with van der Waals surface area (Å²) < 4.78 is 0. The van der Waals surface area contributed by atoms with Crippen molar-refractivity contribution in [2.75, 3.05) is 11.5 Å². The Kier molecular flexibility index (Phi) is 4.20. The third kappa shape index (κ3) is 3.18. The first-order valence-electron chi connectivity index (χ1n) is 4.84. The van der Waals surface area contributed by atoms with Crippen molar-refractivity contribution in [1.29, 1.82) is 0 Å². The van der Waals surface area contributed by atoms with Gasteiger partial charge in [0.15, 0.2) is 0 Å². The molecular formula is C10H17N3S. The summed E-state index contributed by atoms with van der Waals surface area (Å²) in [6, 6.07) is 1.85. The molecule has 2 N–H and O–H groups in total. The van der Waals surface area contributed by atoms with Crippen LogP contribution in [0.1, 0.15) is 38.2 Å². The third-order valence-corrected chi connectivity index (χ3v) is 2.71. The number of thioether (sulfide) groups is 1. The van der Waals surface area contributed by atoms with Crippen LogP contribution >= 0.6 is 11.8 Å². The second-order valence-corrected chi connectivity index (χ2v) is 4.70. The van der Waals surface area contributed by atoms with Crippen LogP contribution in [0.5, 0.6) is 0 Å². The molecule has 0 aliphatic rings. The molecule has 78 valence electrons. The molecule has 0 aliphatic carbocycles. The summed E-state index contributed by atoms with van der Waals surface area (Å²) in [5.41, 5.74) is 6.74. The lowest BCUT2D eigenvalue weighted by Crippen LogP contribution is -2.03. The van der Waals surface area contributed by atoms with Gasteiger partial charge in [0.05, 0.1) is 5.75 Å². The Labute approximate surface area is 89.5 Å². The topological polar surface area (TPSA) is 51.8 Å². The quantitative estimate of drug-likeness (QED) is 0.831. The van der Waals surface area contributed by atoms with E-state index in [0.29, 0.717) is 11.7 Å². The van der Waals surface area contributed by atoms with Crippen molar-refractivity contribution in [2.45, 2.75) is 32.4 Å². The first kappa shape index (κ1) is 11.3. The van der Waals surface area contributed by atoms with E-state index in [0.717, 1.165) is 23.0 Å². The van der Waals surface area contributed by atoms with Crippen LogP contribution in [0.25, 0.3) is 0 Å². The lowest BCUT2D eigenvalue weighted by molar-refractivity contribution is 0.801. The van der Waals surface area contributed by atoms with E-state index >= 15 is 0 Å². The van der Waals surface area contributed by atoms with E-state index in [-0.39, 0.29) is 0 Å². The maximum Gasteiger partial charge on any atom is 0.140 e. The Bertz CT molecular complexity index is 299. The fourth-order valence-electron chi connectivity index (χ4n) is 1.09. The minimum atomic E-state index is 0.408. The zero-order valence-corrected chi connectivity index (χ0v) is 9.77. The molecule has 0 bridgehead atoms. The first-order valence-corrected chi connectivity index (χ1v) is 6.00. The number of nitrogens with zero attached hydrogens (tertiary/aromatic N) is 2. The van der Waals surface area contributed by atoms with Crippen molar-refractivity contribution in [1.82, 2.24) is 9.97 Å². The number of anilines is 1. The van der Waals surface area contributed by atoms with E-state index in [4.69, 9.17) is 5.73 Å². The molecule has 3 nitrogen and oxygen atoms in total. The predicted octanol–water partition coefficient (Wildman–Crippen LogP) is 2.44. The van der Waals surface area contributed by atoms with Crippen LogP contribution in [0.15, 0.2) is 6.07 Å². The zero-order chi connectivity index (χ0) is 10.6. The van der Waals surface area contributed by atoms with Gasteiger partial charge in [0.25, 0.3) is 0 Å². The van der Waals surface area contributed by atoms with Crippen LogP contribution in [-0.2, 0) is 5.75 Å². The number of nitrogens with two attached hydrogens (primary N) is 1. The van der Waals surface area contributed by atoms with Gasteiger partial charge in [-0.15, -0.1) is 0 Å². The Morgan fingerprint density at radius 1 is 1.43 bits per heavy atom. The van der Waals surface area contributed by atoms with Gasteiger partial charge < -0.3 is 5.73 Å². The largest absolute Gasteiger partial charge is 0.384 e. The molecular weight excluding hydrogens is 194 g/mol. The summed E-state index contributed by atoms with van der Waals surface area (Å²) in [6.45, 7) is 6.34. The molecule has 1 heterocycles. The van der Waals surface area contributed by atoms with Crippen molar-refractivity contribution in [2.24, 2.45) is 0 Å². The molecule has 4 heteroatoms. The lowest BCUT2D eigenvalue weighted by Gasteiger charge is -2.07. The molecule has 0 spiro atoms. The average molecular weight is 211 g/mol. The minimum absolute atomic E-state index is 0.408. The fourth-order valence-corrected chi connectivity index (χ4v) is 1.61. The smallest absolute Gasteiger partial charge is 0.140 e. The first-order chi connectivity index (χ1) is 6.63. The molecule has 0 unspecified atom stereocenters. The maximum atomic E-state index is 5.71. The van der Waals surface area contributed by atoms with Gasteiger partial charge in [-0.3, -0.25) is 0 Å². The standard InChI is InChI=1S/C10H17N3S/c1-4-14-6-10-12-8(7(2)3)5-9(11)13-10/h5,7H,4,6H2,1-3H3,(H2,11,12,13). The van der Waals surface area contributed by atoms with Crippen molar-refractivity contribution < 1.29 is 0 Å². The summed E-state index contributed by atoms with van der Waals surface area (Å²) in [6.07, 6.45) is 0. The highest BCUT2D eigenvalue weighted by Crippen LogP contribution is 2.16. The van der Waals surface area contributed by atoms with Crippen molar-refractivity contribution >= 4 is 17.6 Å². The summed E-state index contributed by atoms with van der Waals surface area (Å²) in [4.78, 5) is 8.66. The monoisotopic (exact) mass is 211 g/mol. The lowest BCUT2D eigenvalue weighted by atomic mass is 10.1. The normalized spacial score (nSPS) is 10.9. The number of rotatable bonds is 4. The van der Waals surface area contributed by atoms with E-state index in [1.165, 1.54) is 0 Å². The Hall–Kier alpha value is -0.770. The van der Waals surface area contributed by atoms with Gasteiger partial charge in [0, 0.05) is 11.8 Å². The molecule has 0 radical (unpaired) electrons.